The molecule has 1 aliphatic rings. The molecule has 140 valence electrons. The van der Waals surface area contributed by atoms with E-state index in [-0.39, 0.29) is 6.10 Å². The third-order valence-corrected chi connectivity index (χ3v) is 6.25. The molecule has 2 aromatic heterocycles. The first kappa shape index (κ1) is 17.3. The zero-order valence-corrected chi connectivity index (χ0v) is 16.3. The highest BCUT2D eigenvalue weighted by molar-refractivity contribution is 7.22. The first-order chi connectivity index (χ1) is 13.9. The maximum Gasteiger partial charge on any atom is 0.138 e. The van der Waals surface area contributed by atoms with Gasteiger partial charge in [0, 0.05) is 23.6 Å². The van der Waals surface area contributed by atoms with Gasteiger partial charge in [0.1, 0.15) is 17.0 Å². The lowest BCUT2D eigenvalue weighted by atomic mass is 10.00. The minimum absolute atomic E-state index is 0.262. The molecule has 4 nitrogen and oxygen atoms in total. The van der Waals surface area contributed by atoms with Crippen LogP contribution in [0, 0.1) is 0 Å². The number of hydrogen-bond donors (Lipinski definition) is 1. The molecule has 1 N–H and O–H groups in total. The van der Waals surface area contributed by atoms with Crippen molar-refractivity contribution in [3.8, 4) is 21.6 Å². The van der Waals surface area contributed by atoms with Gasteiger partial charge < -0.3 is 10.1 Å². The van der Waals surface area contributed by atoms with Gasteiger partial charge >= 0.3 is 0 Å². The van der Waals surface area contributed by atoms with Crippen molar-refractivity contribution in [1.82, 2.24) is 9.97 Å². The average molecular weight is 388 g/mol. The lowest BCUT2D eigenvalue weighted by Gasteiger charge is -2.13. The summed E-state index contributed by atoms with van der Waals surface area (Å²) in [5.74, 6) is 0.887. The molecular weight excluding hydrogens is 366 g/mol. The minimum Gasteiger partial charge on any atom is -0.376 e. The van der Waals surface area contributed by atoms with Gasteiger partial charge in [0.05, 0.1) is 11.5 Å². The SMILES string of the molecule is c1ccc(-c2sc3ncnc(NC[C@@H]4CCCO4)c3c2-c2ccccc2)cc1. The third kappa shape index (κ3) is 3.28. The van der Waals surface area contributed by atoms with E-state index in [1.54, 1.807) is 17.7 Å². The Bertz CT molecular complexity index is 1070. The van der Waals surface area contributed by atoms with Gasteiger partial charge in [0.15, 0.2) is 0 Å². The number of aromatic nitrogens is 2. The van der Waals surface area contributed by atoms with E-state index in [2.05, 4.69) is 63.8 Å². The second-order valence-electron chi connectivity index (χ2n) is 6.96. The molecule has 0 radical (unpaired) electrons. The van der Waals surface area contributed by atoms with Crippen LogP contribution in [0.3, 0.4) is 0 Å². The summed E-state index contributed by atoms with van der Waals surface area (Å²) >= 11 is 1.72. The van der Waals surface area contributed by atoms with E-state index in [4.69, 9.17) is 4.74 Å². The third-order valence-electron chi connectivity index (χ3n) is 5.11. The Morgan fingerprint density at radius 2 is 1.71 bits per heavy atom. The fourth-order valence-electron chi connectivity index (χ4n) is 3.76. The number of anilines is 1. The molecule has 1 aliphatic heterocycles. The summed E-state index contributed by atoms with van der Waals surface area (Å²) in [4.78, 5) is 11.4. The summed E-state index contributed by atoms with van der Waals surface area (Å²) in [5, 5.41) is 4.63. The fourth-order valence-corrected chi connectivity index (χ4v) is 4.93. The van der Waals surface area contributed by atoms with Crippen molar-refractivity contribution < 1.29 is 4.74 Å². The van der Waals surface area contributed by atoms with Crippen molar-refractivity contribution in [3.05, 3.63) is 67.0 Å². The molecule has 0 amide bonds. The van der Waals surface area contributed by atoms with Crippen molar-refractivity contribution in [2.75, 3.05) is 18.5 Å². The highest BCUT2D eigenvalue weighted by Gasteiger charge is 2.21. The maximum absolute atomic E-state index is 5.77. The van der Waals surface area contributed by atoms with Crippen molar-refractivity contribution >= 4 is 27.4 Å². The van der Waals surface area contributed by atoms with Gasteiger partial charge in [-0.15, -0.1) is 11.3 Å². The van der Waals surface area contributed by atoms with Crippen molar-refractivity contribution in [3.63, 3.8) is 0 Å². The smallest absolute Gasteiger partial charge is 0.138 e. The topological polar surface area (TPSA) is 47.0 Å². The van der Waals surface area contributed by atoms with Gasteiger partial charge in [-0.1, -0.05) is 60.7 Å². The molecular formula is C23H21N3OS. The van der Waals surface area contributed by atoms with Crippen LogP contribution in [-0.2, 0) is 4.74 Å². The van der Waals surface area contributed by atoms with Crippen molar-refractivity contribution in [1.29, 1.82) is 0 Å². The highest BCUT2D eigenvalue weighted by atomic mass is 32.1. The van der Waals surface area contributed by atoms with Gasteiger partial charge in [-0.2, -0.15) is 0 Å². The molecule has 0 aliphatic carbocycles. The van der Waals surface area contributed by atoms with Gasteiger partial charge in [-0.25, -0.2) is 9.97 Å². The van der Waals surface area contributed by atoms with E-state index in [9.17, 15) is 0 Å². The van der Waals surface area contributed by atoms with E-state index >= 15 is 0 Å². The summed E-state index contributed by atoms with van der Waals surface area (Å²) in [5.41, 5.74) is 3.58. The number of thiophene rings is 1. The number of hydrogen-bond acceptors (Lipinski definition) is 5. The van der Waals surface area contributed by atoms with Gasteiger partial charge in [-0.05, 0) is 24.0 Å². The van der Waals surface area contributed by atoms with Crippen LogP contribution in [0.5, 0.6) is 0 Å². The van der Waals surface area contributed by atoms with Crippen LogP contribution in [0.2, 0.25) is 0 Å². The molecule has 0 unspecified atom stereocenters. The quantitative estimate of drug-likeness (QED) is 0.483. The average Bonchev–Trinajstić information content (AvgIpc) is 3.41. The number of ether oxygens (including phenoxy) is 1. The van der Waals surface area contributed by atoms with Crippen molar-refractivity contribution in [2.45, 2.75) is 18.9 Å². The largest absolute Gasteiger partial charge is 0.376 e. The first-order valence-corrected chi connectivity index (χ1v) is 10.5. The second kappa shape index (κ2) is 7.70. The normalized spacial score (nSPS) is 16.5. The van der Waals surface area contributed by atoms with Crippen LogP contribution in [0.15, 0.2) is 67.0 Å². The lowest BCUT2D eigenvalue weighted by Crippen LogP contribution is -2.19. The molecule has 4 aromatic rings. The Labute approximate surface area is 168 Å². The van der Waals surface area contributed by atoms with E-state index in [0.29, 0.717) is 0 Å². The van der Waals surface area contributed by atoms with Gasteiger partial charge in [0.2, 0.25) is 0 Å². The Hall–Kier alpha value is -2.76. The number of benzene rings is 2. The summed E-state index contributed by atoms with van der Waals surface area (Å²) in [6.07, 6.45) is 4.15. The molecule has 0 bridgehead atoms. The van der Waals surface area contributed by atoms with Crippen LogP contribution < -0.4 is 5.32 Å². The fraction of sp³-hybridized carbons (Fsp3) is 0.217. The molecule has 5 heteroatoms. The van der Waals surface area contributed by atoms with Crippen LogP contribution in [0.4, 0.5) is 5.82 Å². The Morgan fingerprint density at radius 3 is 2.43 bits per heavy atom. The molecule has 1 saturated heterocycles. The van der Waals surface area contributed by atoms with E-state index < -0.39 is 0 Å². The minimum atomic E-state index is 0.262. The number of rotatable bonds is 5. The van der Waals surface area contributed by atoms with Crippen LogP contribution in [-0.4, -0.2) is 29.2 Å². The van der Waals surface area contributed by atoms with Crippen LogP contribution in [0.25, 0.3) is 31.8 Å². The van der Waals surface area contributed by atoms with E-state index in [1.165, 1.54) is 21.6 Å². The number of nitrogens with zero attached hydrogens (tertiary/aromatic N) is 2. The number of nitrogens with one attached hydrogen (secondary N) is 1. The van der Waals surface area contributed by atoms with Gasteiger partial charge in [-0.3, -0.25) is 0 Å². The predicted octanol–water partition coefficient (Wildman–Crippen LogP) is 5.62. The van der Waals surface area contributed by atoms with E-state index in [0.717, 1.165) is 42.0 Å². The molecule has 28 heavy (non-hydrogen) atoms. The highest BCUT2D eigenvalue weighted by Crippen LogP contribution is 2.46. The summed E-state index contributed by atoms with van der Waals surface area (Å²) in [6.45, 7) is 1.63. The summed E-state index contributed by atoms with van der Waals surface area (Å²) in [7, 11) is 0. The molecule has 0 spiro atoms. The molecule has 0 saturated carbocycles. The zero-order chi connectivity index (χ0) is 18.8. The van der Waals surface area contributed by atoms with Crippen LogP contribution >= 0.6 is 11.3 Å². The van der Waals surface area contributed by atoms with Crippen molar-refractivity contribution in [2.24, 2.45) is 0 Å². The summed E-state index contributed by atoms with van der Waals surface area (Å²) in [6, 6.07) is 21.0. The molecule has 3 heterocycles. The Kier molecular flexibility index (Phi) is 4.77. The lowest BCUT2D eigenvalue weighted by molar-refractivity contribution is 0.120. The first-order valence-electron chi connectivity index (χ1n) is 9.64. The molecule has 5 rings (SSSR count). The Balaban J connectivity index is 1.67. The van der Waals surface area contributed by atoms with Gasteiger partial charge in [0.25, 0.3) is 0 Å². The van der Waals surface area contributed by atoms with E-state index in [1.807, 2.05) is 12.1 Å². The number of fused-ring (bicyclic) bond motifs is 1. The summed E-state index contributed by atoms with van der Waals surface area (Å²) < 4.78 is 5.77. The predicted molar refractivity (Wildman–Crippen MR) is 116 cm³/mol. The standard InChI is InChI=1S/C23H21N3OS/c1-3-8-16(9-4-1)19-20-22(24-14-18-12-7-13-27-18)25-15-26-23(20)28-21(19)17-10-5-2-6-11-17/h1-6,8-11,15,18H,7,12-14H2,(H,24,25,26)/t18-/m0/s1. The zero-order valence-electron chi connectivity index (χ0n) is 15.5. The maximum atomic E-state index is 5.77. The Morgan fingerprint density at radius 1 is 0.964 bits per heavy atom. The monoisotopic (exact) mass is 387 g/mol. The molecule has 1 fully saturated rings. The second-order valence-corrected chi connectivity index (χ2v) is 7.96. The molecule has 1 atom stereocenters. The molecule has 2 aromatic carbocycles. The van der Waals surface area contributed by atoms with Crippen LogP contribution in [0.1, 0.15) is 12.8 Å².